The molecule has 0 aliphatic heterocycles. The number of benzene rings is 1. The van der Waals surface area contributed by atoms with Gasteiger partial charge in [-0.1, -0.05) is 102 Å². The topological polar surface area (TPSA) is 131 Å². The molecule has 2 amide bonds. The molecule has 1 unspecified atom stereocenters. The first-order valence-electron chi connectivity index (χ1n) is 17.4. The standard InChI is InChI=1S/C37H60N2O7/c1-4-5-6-7-8-9-10-11-12-13-14-15-16-17-21-25-32(40)38-27-22-29-45-33(41)26-28-39-35(43)34(42)37(2,3)30-46-36(44)31-23-19-18-20-24-31/h11-12,18-20,23-24,34,42H,4-10,13-17,21-22,25-30H2,1-3H3,(H,38,40)(H,39,43)/b12-11-. The molecule has 0 aromatic heterocycles. The van der Waals surface area contributed by atoms with E-state index in [1.807, 2.05) is 0 Å². The number of unbranched alkanes of at least 4 members (excludes halogenated alkanes) is 11. The maximum Gasteiger partial charge on any atom is 0.338 e. The third-order valence-corrected chi connectivity index (χ3v) is 7.77. The van der Waals surface area contributed by atoms with E-state index in [2.05, 4.69) is 29.7 Å². The summed E-state index contributed by atoms with van der Waals surface area (Å²) in [6, 6.07) is 8.46. The molecule has 1 aromatic carbocycles. The molecule has 1 rings (SSSR count). The number of aliphatic hydroxyl groups excluding tert-OH is 1. The molecule has 9 heteroatoms. The van der Waals surface area contributed by atoms with E-state index in [0.29, 0.717) is 24.9 Å². The zero-order chi connectivity index (χ0) is 33.9. The van der Waals surface area contributed by atoms with Crippen molar-refractivity contribution in [3.05, 3.63) is 48.0 Å². The highest BCUT2D eigenvalue weighted by atomic mass is 16.5. The average molecular weight is 645 g/mol. The van der Waals surface area contributed by atoms with Crippen LogP contribution in [0.4, 0.5) is 0 Å². The maximum atomic E-state index is 12.4. The summed E-state index contributed by atoms with van der Waals surface area (Å²) in [5.74, 6) is -1.67. The van der Waals surface area contributed by atoms with Gasteiger partial charge in [0, 0.05) is 24.9 Å². The van der Waals surface area contributed by atoms with Crippen LogP contribution in [-0.4, -0.2) is 61.3 Å². The van der Waals surface area contributed by atoms with Crippen molar-refractivity contribution in [1.82, 2.24) is 10.6 Å². The molecule has 0 bridgehead atoms. The second-order valence-electron chi connectivity index (χ2n) is 12.6. The van der Waals surface area contributed by atoms with Gasteiger partial charge in [0.25, 0.3) is 0 Å². The molecule has 0 aliphatic rings. The van der Waals surface area contributed by atoms with Gasteiger partial charge in [0.1, 0.15) is 6.10 Å². The molecule has 0 saturated heterocycles. The normalized spacial score (nSPS) is 12.1. The Kier molecular flexibility index (Phi) is 23.0. The summed E-state index contributed by atoms with van der Waals surface area (Å²) in [5, 5.41) is 15.8. The number of hydrogen-bond acceptors (Lipinski definition) is 7. The number of hydrogen-bond donors (Lipinski definition) is 3. The third-order valence-electron chi connectivity index (χ3n) is 7.77. The number of allylic oxidation sites excluding steroid dienone is 2. The predicted octanol–water partition coefficient (Wildman–Crippen LogP) is 6.82. The lowest BCUT2D eigenvalue weighted by Crippen LogP contribution is -2.46. The van der Waals surface area contributed by atoms with Crippen LogP contribution in [0.25, 0.3) is 0 Å². The van der Waals surface area contributed by atoms with E-state index >= 15 is 0 Å². The molecule has 0 heterocycles. The van der Waals surface area contributed by atoms with Crippen LogP contribution in [0, 0.1) is 5.41 Å². The summed E-state index contributed by atoms with van der Waals surface area (Å²) in [4.78, 5) is 48.5. The number of carbonyl (C=O) groups excluding carboxylic acids is 4. The fourth-order valence-electron chi connectivity index (χ4n) is 4.73. The number of rotatable bonds is 27. The summed E-state index contributed by atoms with van der Waals surface area (Å²) < 4.78 is 10.4. The lowest BCUT2D eigenvalue weighted by Gasteiger charge is -2.29. The van der Waals surface area contributed by atoms with E-state index in [9.17, 15) is 24.3 Å². The van der Waals surface area contributed by atoms with Gasteiger partial charge in [0.2, 0.25) is 11.8 Å². The molecule has 0 fully saturated rings. The molecule has 260 valence electrons. The molecular formula is C37H60N2O7. The zero-order valence-corrected chi connectivity index (χ0v) is 28.7. The molecule has 9 nitrogen and oxygen atoms in total. The summed E-state index contributed by atoms with van der Waals surface area (Å²) in [6.45, 7) is 5.92. The lowest BCUT2D eigenvalue weighted by molar-refractivity contribution is -0.144. The summed E-state index contributed by atoms with van der Waals surface area (Å²) >= 11 is 0. The molecule has 0 radical (unpaired) electrons. The van der Waals surface area contributed by atoms with Crippen LogP contribution in [0.3, 0.4) is 0 Å². The zero-order valence-electron chi connectivity index (χ0n) is 28.7. The van der Waals surface area contributed by atoms with Gasteiger partial charge in [0.05, 0.1) is 25.2 Å². The van der Waals surface area contributed by atoms with Gasteiger partial charge in [-0.3, -0.25) is 14.4 Å². The highest BCUT2D eigenvalue weighted by Crippen LogP contribution is 2.22. The second-order valence-corrected chi connectivity index (χ2v) is 12.6. The molecule has 0 spiro atoms. The first kappa shape index (κ1) is 40.8. The summed E-state index contributed by atoms with van der Waals surface area (Å²) in [6.07, 6.45) is 20.1. The minimum atomic E-state index is -1.44. The predicted molar refractivity (Wildman–Crippen MR) is 182 cm³/mol. The van der Waals surface area contributed by atoms with Gasteiger partial charge in [-0.15, -0.1) is 0 Å². The van der Waals surface area contributed by atoms with Crippen LogP contribution in [0.15, 0.2) is 42.5 Å². The van der Waals surface area contributed by atoms with Crippen molar-refractivity contribution in [2.45, 2.75) is 130 Å². The SMILES string of the molecule is CCCCCCCC/C=C\CCCCCCCC(=O)NCCCOC(=O)CCNC(=O)C(O)C(C)(C)COC(=O)c1ccccc1. The van der Waals surface area contributed by atoms with Crippen molar-refractivity contribution in [2.24, 2.45) is 5.41 Å². The fraction of sp³-hybridized carbons (Fsp3) is 0.676. The largest absolute Gasteiger partial charge is 0.466 e. The molecule has 1 atom stereocenters. The molecule has 46 heavy (non-hydrogen) atoms. The van der Waals surface area contributed by atoms with Gasteiger partial charge in [0.15, 0.2) is 0 Å². The number of carbonyl (C=O) groups is 4. The number of nitrogens with one attached hydrogen (secondary N) is 2. The van der Waals surface area contributed by atoms with E-state index in [1.54, 1.807) is 44.2 Å². The number of aliphatic hydroxyl groups is 1. The Balaban J connectivity index is 1.99. The monoisotopic (exact) mass is 644 g/mol. The van der Waals surface area contributed by atoms with Crippen molar-refractivity contribution in [3.63, 3.8) is 0 Å². The van der Waals surface area contributed by atoms with Gasteiger partial charge < -0.3 is 25.2 Å². The lowest BCUT2D eigenvalue weighted by atomic mass is 9.87. The van der Waals surface area contributed by atoms with Crippen molar-refractivity contribution in [1.29, 1.82) is 0 Å². The number of esters is 2. The number of amides is 2. The second kappa shape index (κ2) is 25.9. The van der Waals surface area contributed by atoms with Crippen LogP contribution in [0.2, 0.25) is 0 Å². The Hall–Kier alpha value is -3.20. The van der Waals surface area contributed by atoms with E-state index in [-0.39, 0.29) is 32.1 Å². The van der Waals surface area contributed by atoms with Gasteiger partial charge in [-0.25, -0.2) is 4.79 Å². The molecule has 0 saturated carbocycles. The Morgan fingerprint density at radius 2 is 1.37 bits per heavy atom. The van der Waals surface area contributed by atoms with Crippen LogP contribution in [-0.2, 0) is 23.9 Å². The first-order chi connectivity index (χ1) is 22.2. The molecular weight excluding hydrogens is 584 g/mol. The average Bonchev–Trinajstić information content (AvgIpc) is 3.05. The van der Waals surface area contributed by atoms with E-state index in [0.717, 1.165) is 25.7 Å². The summed E-state index contributed by atoms with van der Waals surface area (Å²) in [7, 11) is 0. The minimum Gasteiger partial charge on any atom is -0.466 e. The molecule has 0 aliphatic carbocycles. The van der Waals surface area contributed by atoms with Crippen LogP contribution in [0.5, 0.6) is 0 Å². The third kappa shape index (κ3) is 20.8. The Labute approximate surface area is 277 Å². The van der Waals surface area contributed by atoms with Gasteiger partial charge in [-0.2, -0.15) is 0 Å². The Morgan fingerprint density at radius 3 is 2.02 bits per heavy atom. The molecule has 1 aromatic rings. The highest BCUT2D eigenvalue weighted by molar-refractivity contribution is 5.89. The number of ether oxygens (including phenoxy) is 2. The van der Waals surface area contributed by atoms with E-state index < -0.39 is 29.4 Å². The van der Waals surface area contributed by atoms with Crippen LogP contribution in [0.1, 0.15) is 134 Å². The Morgan fingerprint density at radius 1 is 0.761 bits per heavy atom. The Bertz CT molecular complexity index is 1010. The minimum absolute atomic E-state index is 0.00129. The van der Waals surface area contributed by atoms with Crippen molar-refractivity contribution >= 4 is 23.8 Å². The van der Waals surface area contributed by atoms with Crippen molar-refractivity contribution in [3.8, 4) is 0 Å². The quantitative estimate of drug-likeness (QED) is 0.0544. The molecule has 3 N–H and O–H groups in total. The fourth-order valence-corrected chi connectivity index (χ4v) is 4.73. The maximum absolute atomic E-state index is 12.4. The van der Waals surface area contributed by atoms with Gasteiger partial charge >= 0.3 is 11.9 Å². The van der Waals surface area contributed by atoms with Crippen molar-refractivity contribution < 1.29 is 33.8 Å². The van der Waals surface area contributed by atoms with Crippen LogP contribution >= 0.6 is 0 Å². The van der Waals surface area contributed by atoms with E-state index in [4.69, 9.17) is 9.47 Å². The van der Waals surface area contributed by atoms with Gasteiger partial charge in [-0.05, 0) is 50.7 Å². The van der Waals surface area contributed by atoms with E-state index in [1.165, 1.54) is 57.8 Å². The smallest absolute Gasteiger partial charge is 0.338 e. The van der Waals surface area contributed by atoms with Crippen molar-refractivity contribution in [2.75, 3.05) is 26.3 Å². The highest BCUT2D eigenvalue weighted by Gasteiger charge is 2.35. The van der Waals surface area contributed by atoms with Crippen LogP contribution < -0.4 is 10.6 Å². The summed E-state index contributed by atoms with van der Waals surface area (Å²) in [5.41, 5.74) is -0.657. The first-order valence-corrected chi connectivity index (χ1v) is 17.4.